The Hall–Kier alpha value is -2.73. The first-order chi connectivity index (χ1) is 14.5. The highest BCUT2D eigenvalue weighted by molar-refractivity contribution is 7.98. The minimum absolute atomic E-state index is 0.0278. The number of carbonyl (C=O) groups excluding carboxylic acids is 1. The standard InChI is InChI=1S/C24H27N3O2S/c1-5-6-11-27-22(16-7-9-17(30-4)10-8-16)19-20(25-26-21(19)24(27)29)18-13-14(2)12-15(3)23(18)28/h7-10,12-13,22,28H,5-6,11H2,1-4H3,(H,25,26). The van der Waals surface area contributed by atoms with Crippen LogP contribution in [0.15, 0.2) is 41.3 Å². The molecule has 156 valence electrons. The maximum Gasteiger partial charge on any atom is 0.273 e. The van der Waals surface area contributed by atoms with E-state index in [0.717, 1.165) is 35.1 Å². The number of rotatable bonds is 6. The summed E-state index contributed by atoms with van der Waals surface area (Å²) in [6, 6.07) is 12.0. The third-order valence-electron chi connectivity index (χ3n) is 5.75. The van der Waals surface area contributed by atoms with Gasteiger partial charge in [0.1, 0.15) is 17.1 Å². The average molecular weight is 422 g/mol. The summed E-state index contributed by atoms with van der Waals surface area (Å²) in [5, 5.41) is 18.2. The van der Waals surface area contributed by atoms with Gasteiger partial charge in [-0.15, -0.1) is 11.8 Å². The van der Waals surface area contributed by atoms with Gasteiger partial charge in [-0.1, -0.05) is 31.5 Å². The second kappa shape index (κ2) is 8.19. The van der Waals surface area contributed by atoms with Gasteiger partial charge in [0, 0.05) is 22.6 Å². The lowest BCUT2D eigenvalue weighted by atomic mass is 9.94. The van der Waals surface area contributed by atoms with Gasteiger partial charge in [-0.3, -0.25) is 9.89 Å². The molecule has 2 heterocycles. The summed E-state index contributed by atoms with van der Waals surface area (Å²) >= 11 is 1.70. The monoisotopic (exact) mass is 421 g/mol. The number of hydrogen-bond acceptors (Lipinski definition) is 4. The fraction of sp³-hybridized carbons (Fsp3) is 0.333. The van der Waals surface area contributed by atoms with Crippen LogP contribution in [0.4, 0.5) is 0 Å². The zero-order valence-electron chi connectivity index (χ0n) is 17.8. The number of benzene rings is 2. The molecule has 6 heteroatoms. The molecule has 3 aromatic rings. The number of phenols is 1. The van der Waals surface area contributed by atoms with Crippen molar-refractivity contribution in [2.24, 2.45) is 0 Å². The highest BCUT2D eigenvalue weighted by atomic mass is 32.2. The summed E-state index contributed by atoms with van der Waals surface area (Å²) in [4.78, 5) is 16.4. The molecule has 0 bridgehead atoms. The molecule has 30 heavy (non-hydrogen) atoms. The van der Waals surface area contributed by atoms with Crippen molar-refractivity contribution in [1.29, 1.82) is 0 Å². The lowest BCUT2D eigenvalue weighted by molar-refractivity contribution is 0.0741. The number of thioether (sulfide) groups is 1. The van der Waals surface area contributed by atoms with Gasteiger partial charge >= 0.3 is 0 Å². The third-order valence-corrected chi connectivity index (χ3v) is 6.49. The number of nitrogens with zero attached hydrogens (tertiary/aromatic N) is 2. The van der Waals surface area contributed by atoms with Crippen LogP contribution < -0.4 is 0 Å². The number of aromatic hydroxyl groups is 1. The van der Waals surface area contributed by atoms with Gasteiger partial charge in [0.05, 0.1) is 6.04 Å². The maximum absolute atomic E-state index is 13.3. The minimum Gasteiger partial charge on any atom is -0.507 e. The van der Waals surface area contributed by atoms with Crippen LogP contribution in [0.1, 0.15) is 58.5 Å². The van der Waals surface area contributed by atoms with Crippen molar-refractivity contribution in [3.63, 3.8) is 0 Å². The molecule has 1 aliphatic rings. The Labute approximate surface area is 181 Å². The van der Waals surface area contributed by atoms with Crippen molar-refractivity contribution in [3.8, 4) is 17.0 Å². The molecule has 0 radical (unpaired) electrons. The van der Waals surface area contributed by atoms with Gasteiger partial charge in [-0.05, 0) is 61.4 Å². The first-order valence-electron chi connectivity index (χ1n) is 10.3. The lowest BCUT2D eigenvalue weighted by Crippen LogP contribution is -2.30. The molecule has 5 nitrogen and oxygen atoms in total. The number of carbonyl (C=O) groups is 1. The Kier molecular flexibility index (Phi) is 5.60. The topological polar surface area (TPSA) is 69.2 Å². The Balaban J connectivity index is 1.89. The largest absolute Gasteiger partial charge is 0.507 e. The number of hydrogen-bond donors (Lipinski definition) is 2. The zero-order valence-corrected chi connectivity index (χ0v) is 18.6. The Morgan fingerprint density at radius 3 is 2.60 bits per heavy atom. The first-order valence-corrected chi connectivity index (χ1v) is 11.5. The van der Waals surface area contributed by atoms with E-state index in [0.29, 0.717) is 23.5 Å². The van der Waals surface area contributed by atoms with E-state index in [4.69, 9.17) is 0 Å². The van der Waals surface area contributed by atoms with Crippen molar-refractivity contribution < 1.29 is 9.90 Å². The molecule has 0 spiro atoms. The molecule has 0 saturated carbocycles. The van der Waals surface area contributed by atoms with Gasteiger partial charge in [-0.2, -0.15) is 5.10 Å². The van der Waals surface area contributed by atoms with Crippen LogP contribution in [-0.2, 0) is 0 Å². The van der Waals surface area contributed by atoms with E-state index in [1.165, 1.54) is 4.90 Å². The van der Waals surface area contributed by atoms with E-state index < -0.39 is 0 Å². The molecule has 1 aliphatic heterocycles. The van der Waals surface area contributed by atoms with E-state index in [1.54, 1.807) is 11.8 Å². The summed E-state index contributed by atoms with van der Waals surface area (Å²) in [5.41, 5.74) is 5.61. The number of aryl methyl sites for hydroxylation is 2. The highest BCUT2D eigenvalue weighted by Crippen LogP contribution is 2.45. The number of amides is 1. The second-order valence-electron chi connectivity index (χ2n) is 7.87. The van der Waals surface area contributed by atoms with E-state index in [1.807, 2.05) is 30.9 Å². The number of H-pyrrole nitrogens is 1. The minimum atomic E-state index is -0.219. The van der Waals surface area contributed by atoms with Crippen LogP contribution in [0, 0.1) is 13.8 Å². The molecule has 2 N–H and O–H groups in total. The Morgan fingerprint density at radius 2 is 1.93 bits per heavy atom. The number of unbranched alkanes of at least 4 members (excludes halogenated alkanes) is 1. The van der Waals surface area contributed by atoms with E-state index in [-0.39, 0.29) is 17.7 Å². The second-order valence-corrected chi connectivity index (χ2v) is 8.75. The van der Waals surface area contributed by atoms with Crippen LogP contribution in [0.3, 0.4) is 0 Å². The van der Waals surface area contributed by atoms with Crippen LogP contribution >= 0.6 is 11.8 Å². The maximum atomic E-state index is 13.3. The van der Waals surface area contributed by atoms with Gasteiger partial charge < -0.3 is 10.0 Å². The summed E-state index contributed by atoms with van der Waals surface area (Å²) in [7, 11) is 0. The van der Waals surface area contributed by atoms with Crippen molar-refractivity contribution in [3.05, 3.63) is 64.3 Å². The van der Waals surface area contributed by atoms with Gasteiger partial charge in [0.15, 0.2) is 0 Å². The first kappa shape index (κ1) is 20.5. The van der Waals surface area contributed by atoms with Crippen LogP contribution in [0.2, 0.25) is 0 Å². The fourth-order valence-corrected chi connectivity index (χ4v) is 4.64. The van der Waals surface area contributed by atoms with Crippen molar-refractivity contribution in [1.82, 2.24) is 15.1 Å². The number of fused-ring (bicyclic) bond motifs is 1. The quantitative estimate of drug-likeness (QED) is 0.518. The summed E-state index contributed by atoms with van der Waals surface area (Å²) in [5.74, 6) is 0.186. The molecule has 1 amide bonds. The van der Waals surface area contributed by atoms with Gasteiger partial charge in [0.2, 0.25) is 0 Å². The van der Waals surface area contributed by atoms with Crippen molar-refractivity contribution in [2.75, 3.05) is 12.8 Å². The van der Waals surface area contributed by atoms with Gasteiger partial charge in [-0.25, -0.2) is 0 Å². The van der Waals surface area contributed by atoms with E-state index >= 15 is 0 Å². The molecule has 1 aromatic heterocycles. The number of nitrogens with one attached hydrogen (secondary N) is 1. The Bertz CT molecular complexity index is 1090. The summed E-state index contributed by atoms with van der Waals surface area (Å²) in [6.07, 6.45) is 4.00. The third kappa shape index (κ3) is 3.39. The van der Waals surface area contributed by atoms with Crippen molar-refractivity contribution in [2.45, 2.75) is 44.6 Å². The highest BCUT2D eigenvalue weighted by Gasteiger charge is 2.42. The van der Waals surface area contributed by atoms with Gasteiger partial charge in [0.25, 0.3) is 5.91 Å². The smallest absolute Gasteiger partial charge is 0.273 e. The molecular formula is C24H27N3O2S. The molecular weight excluding hydrogens is 394 g/mol. The lowest BCUT2D eigenvalue weighted by Gasteiger charge is -2.26. The molecule has 4 rings (SSSR count). The average Bonchev–Trinajstić information content (AvgIpc) is 3.28. The zero-order chi connectivity index (χ0) is 21.4. The molecule has 2 aromatic carbocycles. The SMILES string of the molecule is CCCCN1C(=O)c2[nH]nc(-c3cc(C)cc(C)c3O)c2C1c1ccc(SC)cc1. The Morgan fingerprint density at radius 1 is 1.20 bits per heavy atom. The fourth-order valence-electron chi connectivity index (χ4n) is 4.23. The van der Waals surface area contributed by atoms with Crippen LogP contribution in [-0.4, -0.2) is 38.9 Å². The van der Waals surface area contributed by atoms with E-state index in [2.05, 4.69) is 47.6 Å². The van der Waals surface area contributed by atoms with Crippen LogP contribution in [0.5, 0.6) is 5.75 Å². The number of phenolic OH excluding ortho intramolecular Hbond substituents is 1. The number of aromatic nitrogens is 2. The molecule has 0 saturated heterocycles. The predicted octanol–water partition coefficient (Wildman–Crippen LogP) is 5.47. The molecule has 0 fully saturated rings. The molecule has 1 unspecified atom stereocenters. The normalized spacial score (nSPS) is 15.7. The predicted molar refractivity (Wildman–Crippen MR) is 121 cm³/mol. The molecule has 0 aliphatic carbocycles. The summed E-state index contributed by atoms with van der Waals surface area (Å²) in [6.45, 7) is 6.70. The summed E-state index contributed by atoms with van der Waals surface area (Å²) < 4.78 is 0. The number of aromatic amines is 1. The van der Waals surface area contributed by atoms with Crippen LogP contribution in [0.25, 0.3) is 11.3 Å². The molecule has 1 atom stereocenters. The van der Waals surface area contributed by atoms with Crippen molar-refractivity contribution >= 4 is 17.7 Å². The van der Waals surface area contributed by atoms with E-state index in [9.17, 15) is 9.90 Å².